The molecule has 2 amide bonds. The normalized spacial score (nSPS) is 13.8. The second kappa shape index (κ2) is 11.0. The fourth-order valence-corrected chi connectivity index (χ4v) is 4.09. The van der Waals surface area contributed by atoms with Crippen molar-refractivity contribution in [2.75, 3.05) is 14.1 Å². The fraction of sp³-hybridized carbons (Fsp3) is 0.500. The second-order valence-corrected chi connectivity index (χ2v) is 11.0. The number of hydrogen-bond donors (Lipinski definition) is 2. The van der Waals surface area contributed by atoms with Crippen LogP contribution in [-0.4, -0.2) is 42.9 Å². The summed E-state index contributed by atoms with van der Waals surface area (Å²) in [5.41, 5.74) is 8.35. The zero-order chi connectivity index (χ0) is 25.7. The highest BCUT2D eigenvalue weighted by molar-refractivity contribution is 5.89. The molecule has 0 aromatic heterocycles. The maximum absolute atomic E-state index is 13.2. The van der Waals surface area contributed by atoms with Gasteiger partial charge >= 0.3 is 0 Å². The van der Waals surface area contributed by atoms with E-state index < -0.39 is 18.0 Å². The van der Waals surface area contributed by atoms with Gasteiger partial charge in [-0.05, 0) is 40.6 Å². The van der Waals surface area contributed by atoms with Gasteiger partial charge in [-0.25, -0.2) is 0 Å². The van der Waals surface area contributed by atoms with E-state index in [2.05, 4.69) is 32.2 Å². The summed E-state index contributed by atoms with van der Waals surface area (Å²) < 4.78 is 6.16. The lowest BCUT2D eigenvalue weighted by Gasteiger charge is -2.35. The summed E-state index contributed by atoms with van der Waals surface area (Å²) in [6.45, 7) is 12.8. The van der Waals surface area contributed by atoms with E-state index in [0.717, 1.165) is 22.4 Å². The Morgan fingerprint density at radius 1 is 1.00 bits per heavy atom. The Balaban J connectivity index is 2.30. The molecule has 2 rings (SSSR count). The molecule has 0 saturated carbocycles. The summed E-state index contributed by atoms with van der Waals surface area (Å²) in [7, 11) is 3.40. The first-order chi connectivity index (χ1) is 15.8. The van der Waals surface area contributed by atoms with Crippen LogP contribution in [0.25, 0.3) is 0 Å². The van der Waals surface area contributed by atoms with Crippen LogP contribution >= 0.6 is 0 Å². The van der Waals surface area contributed by atoms with E-state index in [4.69, 9.17) is 10.5 Å². The Morgan fingerprint density at radius 3 is 2.12 bits per heavy atom. The number of benzene rings is 2. The standard InChI is InChI=1S/C28H41N3O3/c1-27(2,3)21-16-20(14-15-23(21)34-18-19-12-10-9-11-13-19)17-22(25(29)32)31(8)26(33)24(30-7)28(4,5)6/h9-16,22,24,30H,17-18H2,1-8H3,(H2,29,32)/t22-,24+/m0/s1. The Kier molecular flexibility index (Phi) is 8.89. The van der Waals surface area contributed by atoms with Crippen molar-refractivity contribution >= 4 is 11.8 Å². The maximum Gasteiger partial charge on any atom is 0.240 e. The molecule has 0 heterocycles. The first kappa shape index (κ1) is 27.4. The van der Waals surface area contributed by atoms with E-state index in [1.54, 1.807) is 14.1 Å². The Labute approximate surface area is 204 Å². The van der Waals surface area contributed by atoms with Crippen molar-refractivity contribution in [1.82, 2.24) is 10.2 Å². The minimum Gasteiger partial charge on any atom is -0.489 e. The van der Waals surface area contributed by atoms with Gasteiger partial charge in [-0.15, -0.1) is 0 Å². The fourth-order valence-electron chi connectivity index (χ4n) is 4.09. The molecule has 34 heavy (non-hydrogen) atoms. The number of rotatable bonds is 9. The molecule has 2 aromatic rings. The third-order valence-corrected chi connectivity index (χ3v) is 6.06. The van der Waals surface area contributed by atoms with E-state index in [0.29, 0.717) is 13.0 Å². The van der Waals surface area contributed by atoms with Crippen LogP contribution in [0.1, 0.15) is 58.2 Å². The number of carbonyl (C=O) groups excluding carboxylic acids is 2. The molecule has 6 nitrogen and oxygen atoms in total. The molecule has 186 valence electrons. The topological polar surface area (TPSA) is 84.7 Å². The molecule has 0 spiro atoms. The zero-order valence-corrected chi connectivity index (χ0v) is 21.9. The molecule has 0 aliphatic rings. The van der Waals surface area contributed by atoms with Gasteiger partial charge in [0.1, 0.15) is 18.4 Å². The average molecular weight is 468 g/mol. The summed E-state index contributed by atoms with van der Waals surface area (Å²) in [4.78, 5) is 27.1. The number of nitrogens with two attached hydrogens (primary N) is 1. The molecule has 0 aliphatic heterocycles. The Morgan fingerprint density at radius 2 is 1.62 bits per heavy atom. The van der Waals surface area contributed by atoms with Gasteiger partial charge in [-0.1, -0.05) is 84.0 Å². The Hall–Kier alpha value is -2.86. The highest BCUT2D eigenvalue weighted by Crippen LogP contribution is 2.33. The molecule has 6 heteroatoms. The van der Waals surface area contributed by atoms with Gasteiger partial charge in [0.05, 0.1) is 6.04 Å². The van der Waals surface area contributed by atoms with Crippen LogP contribution in [0, 0.1) is 5.41 Å². The number of nitrogens with one attached hydrogen (secondary N) is 1. The number of hydrogen-bond acceptors (Lipinski definition) is 4. The molecule has 0 fully saturated rings. The summed E-state index contributed by atoms with van der Waals surface area (Å²) in [5, 5.41) is 3.08. The van der Waals surface area contributed by atoms with Crippen LogP contribution in [-0.2, 0) is 28.0 Å². The third kappa shape index (κ3) is 7.07. The van der Waals surface area contributed by atoms with Crippen LogP contribution in [0.15, 0.2) is 48.5 Å². The van der Waals surface area contributed by atoms with Crippen LogP contribution < -0.4 is 15.8 Å². The predicted molar refractivity (Wildman–Crippen MR) is 138 cm³/mol. The first-order valence-electron chi connectivity index (χ1n) is 11.8. The molecule has 0 unspecified atom stereocenters. The van der Waals surface area contributed by atoms with Gasteiger partial charge in [-0.3, -0.25) is 9.59 Å². The number of likely N-dealkylation sites (N-methyl/N-ethyl adjacent to an activating group) is 2. The van der Waals surface area contributed by atoms with Crippen molar-refractivity contribution in [2.24, 2.45) is 11.1 Å². The van der Waals surface area contributed by atoms with Crippen molar-refractivity contribution < 1.29 is 14.3 Å². The lowest BCUT2D eigenvalue weighted by Crippen LogP contribution is -2.56. The zero-order valence-electron chi connectivity index (χ0n) is 21.9. The number of ether oxygens (including phenoxy) is 1. The van der Waals surface area contributed by atoms with E-state index in [1.807, 2.05) is 63.2 Å². The van der Waals surface area contributed by atoms with E-state index in [1.165, 1.54) is 4.90 Å². The summed E-state index contributed by atoms with van der Waals surface area (Å²) in [5.74, 6) is 0.127. The van der Waals surface area contributed by atoms with Crippen molar-refractivity contribution in [3.05, 3.63) is 65.2 Å². The van der Waals surface area contributed by atoms with Crippen molar-refractivity contribution in [1.29, 1.82) is 0 Å². The summed E-state index contributed by atoms with van der Waals surface area (Å²) >= 11 is 0. The van der Waals surface area contributed by atoms with Crippen molar-refractivity contribution in [3.8, 4) is 5.75 Å². The molecule has 3 N–H and O–H groups in total. The predicted octanol–water partition coefficient (Wildman–Crippen LogP) is 4.05. The van der Waals surface area contributed by atoms with E-state index in [9.17, 15) is 9.59 Å². The largest absolute Gasteiger partial charge is 0.489 e. The van der Waals surface area contributed by atoms with Crippen LogP contribution in [0.4, 0.5) is 0 Å². The SMILES string of the molecule is CN[C@H](C(=O)N(C)[C@@H](Cc1ccc(OCc2ccccc2)c(C(C)(C)C)c1)C(N)=O)C(C)(C)C. The van der Waals surface area contributed by atoms with Gasteiger partial charge in [0.25, 0.3) is 0 Å². The molecule has 0 aliphatic carbocycles. The molecule has 0 saturated heterocycles. The maximum atomic E-state index is 13.2. The van der Waals surface area contributed by atoms with Crippen molar-refractivity contribution in [2.45, 2.75) is 72.1 Å². The minimum atomic E-state index is -0.755. The monoisotopic (exact) mass is 467 g/mol. The lowest BCUT2D eigenvalue weighted by atomic mass is 9.84. The van der Waals surface area contributed by atoms with Gasteiger partial charge < -0.3 is 20.7 Å². The average Bonchev–Trinajstić information content (AvgIpc) is 2.75. The van der Waals surface area contributed by atoms with Gasteiger partial charge in [0.15, 0.2) is 0 Å². The highest BCUT2D eigenvalue weighted by Gasteiger charge is 2.36. The minimum absolute atomic E-state index is 0.155. The van der Waals surface area contributed by atoms with E-state index in [-0.39, 0.29) is 16.7 Å². The van der Waals surface area contributed by atoms with Crippen molar-refractivity contribution in [3.63, 3.8) is 0 Å². The molecule has 0 bridgehead atoms. The van der Waals surface area contributed by atoms with Gasteiger partial charge in [0.2, 0.25) is 11.8 Å². The molecular formula is C28H41N3O3. The number of carbonyl (C=O) groups is 2. The quantitative estimate of drug-likeness (QED) is 0.583. The first-order valence-corrected chi connectivity index (χ1v) is 11.8. The lowest BCUT2D eigenvalue weighted by molar-refractivity contribution is -0.141. The molecule has 0 radical (unpaired) electrons. The smallest absolute Gasteiger partial charge is 0.240 e. The van der Waals surface area contributed by atoms with Gasteiger partial charge in [-0.2, -0.15) is 0 Å². The molecule has 2 atom stereocenters. The number of nitrogens with zero attached hydrogens (tertiary/aromatic N) is 1. The summed E-state index contributed by atoms with van der Waals surface area (Å²) in [6, 6.07) is 14.8. The van der Waals surface area contributed by atoms with Crippen LogP contribution in [0.2, 0.25) is 0 Å². The van der Waals surface area contributed by atoms with E-state index >= 15 is 0 Å². The number of primary amides is 1. The third-order valence-electron chi connectivity index (χ3n) is 6.06. The molecule has 2 aromatic carbocycles. The van der Waals surface area contributed by atoms with Gasteiger partial charge in [0, 0.05) is 13.5 Å². The van der Waals surface area contributed by atoms with Crippen LogP contribution in [0.3, 0.4) is 0 Å². The summed E-state index contributed by atoms with van der Waals surface area (Å²) in [6.07, 6.45) is 0.334. The van der Waals surface area contributed by atoms with Crippen LogP contribution in [0.5, 0.6) is 5.75 Å². The Bertz CT molecular complexity index is 975. The second-order valence-electron chi connectivity index (χ2n) is 11.0. The highest BCUT2D eigenvalue weighted by atomic mass is 16.5. The molecular weight excluding hydrogens is 426 g/mol. The number of amides is 2.